The molecular weight excluding hydrogens is 402 g/mol. The first kappa shape index (κ1) is 22.1. The first-order valence-corrected chi connectivity index (χ1v) is 13.9. The third kappa shape index (κ3) is 4.75. The zero-order valence-corrected chi connectivity index (χ0v) is 20.2. The molecule has 2 aromatic rings. The van der Waals surface area contributed by atoms with Crippen LogP contribution in [0.4, 0.5) is 4.79 Å². The van der Waals surface area contributed by atoms with Crippen molar-refractivity contribution in [1.29, 1.82) is 0 Å². The number of likely N-dealkylation sites (tertiary alicyclic amines) is 1. The fourth-order valence-electron chi connectivity index (χ4n) is 3.48. The molecule has 3 heterocycles. The van der Waals surface area contributed by atoms with Crippen LogP contribution in [0.2, 0.25) is 18.1 Å². The zero-order valence-electron chi connectivity index (χ0n) is 18.4. The summed E-state index contributed by atoms with van der Waals surface area (Å²) in [5.41, 5.74) is 0. The van der Waals surface area contributed by atoms with Crippen LogP contribution in [-0.2, 0) is 15.6 Å². The number of aryl methyl sites for hydroxylation is 1. The number of nitrogens with zero attached hydrogens (tertiary/aromatic N) is 3. The highest BCUT2D eigenvalue weighted by Gasteiger charge is 2.44. The van der Waals surface area contributed by atoms with Gasteiger partial charge in [-0.05, 0) is 31.5 Å². The molecule has 1 aliphatic heterocycles. The van der Waals surface area contributed by atoms with Crippen molar-refractivity contribution in [2.45, 2.75) is 70.8 Å². The molecule has 8 heteroatoms. The fourth-order valence-corrected chi connectivity index (χ4v) is 5.93. The van der Waals surface area contributed by atoms with Gasteiger partial charge in [0.05, 0.1) is 12.3 Å². The van der Waals surface area contributed by atoms with Crippen molar-refractivity contribution < 1.29 is 14.0 Å². The Morgan fingerprint density at radius 3 is 2.79 bits per heavy atom. The summed E-state index contributed by atoms with van der Waals surface area (Å²) >= 11 is 1.73. The molecule has 0 spiro atoms. The van der Waals surface area contributed by atoms with E-state index in [-0.39, 0.29) is 29.9 Å². The van der Waals surface area contributed by atoms with Crippen LogP contribution in [0.1, 0.15) is 37.9 Å². The fraction of sp³-hybridized carbons (Fsp3) is 0.619. The van der Waals surface area contributed by atoms with E-state index in [0.717, 1.165) is 23.5 Å². The number of carbonyl (C=O) groups is 1. The minimum atomic E-state index is -1.91. The molecule has 160 valence electrons. The van der Waals surface area contributed by atoms with E-state index < -0.39 is 8.32 Å². The molecule has 0 unspecified atom stereocenters. The third-order valence-electron chi connectivity index (χ3n) is 6.10. The summed E-state index contributed by atoms with van der Waals surface area (Å²) in [4.78, 5) is 21.3. The van der Waals surface area contributed by atoms with Crippen LogP contribution in [0.15, 0.2) is 25.0 Å². The lowest BCUT2D eigenvalue weighted by Crippen LogP contribution is -2.44. The molecule has 6 nitrogen and oxygen atoms in total. The molecule has 0 aliphatic carbocycles. The van der Waals surface area contributed by atoms with Crippen molar-refractivity contribution in [3.63, 3.8) is 0 Å². The van der Waals surface area contributed by atoms with Gasteiger partial charge in [0.15, 0.2) is 8.32 Å². The number of thiazole rings is 1. The molecular formula is C21H33N3O3SSi. The molecule has 0 aromatic carbocycles. The predicted molar refractivity (Wildman–Crippen MR) is 120 cm³/mol. The van der Waals surface area contributed by atoms with Crippen LogP contribution >= 0.6 is 11.3 Å². The van der Waals surface area contributed by atoms with Crippen LogP contribution in [-0.4, -0.2) is 54.0 Å². The molecule has 1 fully saturated rings. The molecule has 1 amide bonds. The minimum absolute atomic E-state index is 0.0477. The Morgan fingerprint density at radius 2 is 2.17 bits per heavy atom. The van der Waals surface area contributed by atoms with Gasteiger partial charge < -0.3 is 14.1 Å². The third-order valence-corrected chi connectivity index (χ3v) is 11.7. The number of rotatable bonds is 6. The van der Waals surface area contributed by atoms with Crippen LogP contribution in [0, 0.1) is 6.92 Å². The summed E-state index contributed by atoms with van der Waals surface area (Å²) in [6.07, 6.45) is 7.04. The molecule has 2 aromatic heterocycles. The topological polar surface area (TPSA) is 56.1 Å². The van der Waals surface area contributed by atoms with Gasteiger partial charge in [0.1, 0.15) is 17.3 Å². The SMILES string of the molecule is C=CCOC(=O)N1C[C@H](O[Si](C)(C)C(C)(C)C)C[C@H]1Cc1cn2c(C)ncc2s1. The van der Waals surface area contributed by atoms with Crippen LogP contribution < -0.4 is 0 Å². The highest BCUT2D eigenvalue weighted by atomic mass is 32.1. The van der Waals surface area contributed by atoms with Crippen molar-refractivity contribution in [1.82, 2.24) is 14.3 Å². The standard InChI is InChI=1S/C21H33N3O3SSi/c1-8-9-26-20(25)24-13-17(27-29(6,7)21(3,4)5)10-16(24)11-18-14-23-15(2)22-12-19(23)28-18/h8,12,14,16-17H,1,9-11,13H2,2-7H3/t16-,17+/m0/s1. The van der Waals surface area contributed by atoms with Gasteiger partial charge in [-0.3, -0.25) is 4.40 Å². The molecule has 29 heavy (non-hydrogen) atoms. The van der Waals surface area contributed by atoms with Crippen LogP contribution in [0.3, 0.4) is 0 Å². The van der Waals surface area contributed by atoms with Crippen molar-refractivity contribution >= 4 is 30.6 Å². The Labute approximate surface area is 178 Å². The summed E-state index contributed by atoms with van der Waals surface area (Å²) in [6.45, 7) is 17.7. The average Bonchev–Trinajstić information content (AvgIpc) is 3.28. The number of fused-ring (bicyclic) bond motifs is 1. The first-order valence-electron chi connectivity index (χ1n) is 10.2. The summed E-state index contributed by atoms with van der Waals surface area (Å²) < 4.78 is 14.1. The van der Waals surface area contributed by atoms with Gasteiger partial charge in [-0.15, -0.1) is 11.3 Å². The number of imidazole rings is 1. The lowest BCUT2D eigenvalue weighted by Gasteiger charge is -2.38. The van der Waals surface area contributed by atoms with Crippen molar-refractivity contribution in [2.24, 2.45) is 0 Å². The summed E-state index contributed by atoms with van der Waals surface area (Å²) in [5.74, 6) is 0.982. The van der Waals surface area contributed by atoms with Gasteiger partial charge in [-0.2, -0.15) is 0 Å². The van der Waals surface area contributed by atoms with Crippen molar-refractivity contribution in [2.75, 3.05) is 13.2 Å². The molecule has 0 bridgehead atoms. The maximum Gasteiger partial charge on any atom is 0.410 e. The second-order valence-corrected chi connectivity index (χ2v) is 15.2. The highest BCUT2D eigenvalue weighted by molar-refractivity contribution is 7.17. The summed E-state index contributed by atoms with van der Waals surface area (Å²) in [5, 5.41) is 0.136. The number of ether oxygens (including phenoxy) is 1. The molecule has 0 saturated carbocycles. The van der Waals surface area contributed by atoms with Gasteiger partial charge in [0.25, 0.3) is 0 Å². The van der Waals surface area contributed by atoms with Gasteiger partial charge in [0, 0.05) is 30.1 Å². The lowest BCUT2D eigenvalue weighted by atomic mass is 10.1. The largest absolute Gasteiger partial charge is 0.445 e. The normalized spacial score (nSPS) is 20.4. The van der Waals surface area contributed by atoms with E-state index in [4.69, 9.17) is 9.16 Å². The van der Waals surface area contributed by atoms with E-state index in [0.29, 0.717) is 6.54 Å². The Hall–Kier alpha value is -1.64. The summed E-state index contributed by atoms with van der Waals surface area (Å²) in [6, 6.07) is 0.0682. The molecule has 1 aliphatic rings. The number of hydrogen-bond donors (Lipinski definition) is 0. The molecule has 1 saturated heterocycles. The lowest BCUT2D eigenvalue weighted by molar-refractivity contribution is 0.103. The molecule has 0 N–H and O–H groups in total. The van der Waals surface area contributed by atoms with E-state index in [1.807, 2.05) is 18.0 Å². The smallest absolute Gasteiger partial charge is 0.410 e. The zero-order chi connectivity index (χ0) is 21.4. The van der Waals surface area contributed by atoms with E-state index in [9.17, 15) is 4.79 Å². The number of carbonyl (C=O) groups excluding carboxylic acids is 1. The number of hydrogen-bond acceptors (Lipinski definition) is 5. The molecule has 2 atom stereocenters. The van der Waals surface area contributed by atoms with Crippen LogP contribution in [0.5, 0.6) is 0 Å². The maximum atomic E-state index is 12.7. The van der Waals surface area contributed by atoms with E-state index in [2.05, 4.69) is 56.0 Å². The minimum Gasteiger partial charge on any atom is -0.445 e. The Balaban J connectivity index is 1.77. The van der Waals surface area contributed by atoms with Gasteiger partial charge >= 0.3 is 6.09 Å². The maximum absolute atomic E-state index is 12.7. The van der Waals surface area contributed by atoms with Crippen molar-refractivity contribution in [3.05, 3.63) is 35.8 Å². The molecule has 0 radical (unpaired) electrons. The van der Waals surface area contributed by atoms with Gasteiger partial charge in [0.2, 0.25) is 0 Å². The monoisotopic (exact) mass is 435 g/mol. The second kappa shape index (κ2) is 8.24. The van der Waals surface area contributed by atoms with E-state index in [1.165, 1.54) is 4.88 Å². The Morgan fingerprint density at radius 1 is 1.45 bits per heavy atom. The first-order chi connectivity index (χ1) is 13.5. The van der Waals surface area contributed by atoms with E-state index >= 15 is 0 Å². The quantitative estimate of drug-likeness (QED) is 0.471. The van der Waals surface area contributed by atoms with Gasteiger partial charge in [-0.1, -0.05) is 33.4 Å². The predicted octanol–water partition coefficient (Wildman–Crippen LogP) is 5.03. The number of aromatic nitrogens is 2. The van der Waals surface area contributed by atoms with E-state index in [1.54, 1.807) is 17.4 Å². The van der Waals surface area contributed by atoms with Gasteiger partial charge in [-0.25, -0.2) is 9.78 Å². The summed E-state index contributed by atoms with van der Waals surface area (Å²) in [7, 11) is -1.91. The second-order valence-electron chi connectivity index (χ2n) is 9.32. The average molecular weight is 436 g/mol. The number of amides is 1. The molecule has 3 rings (SSSR count). The van der Waals surface area contributed by atoms with Crippen molar-refractivity contribution in [3.8, 4) is 0 Å². The van der Waals surface area contributed by atoms with Crippen LogP contribution in [0.25, 0.3) is 4.83 Å². The Kier molecular flexibility index (Phi) is 6.26. The highest BCUT2D eigenvalue weighted by Crippen LogP contribution is 2.39. The Bertz CT molecular complexity index is 883.